The van der Waals surface area contributed by atoms with Crippen molar-refractivity contribution in [2.24, 2.45) is 0 Å². The summed E-state index contributed by atoms with van der Waals surface area (Å²) < 4.78 is 65.0. The minimum atomic E-state index is -3.70. The molecule has 0 radical (unpaired) electrons. The molecule has 0 heterocycles. The van der Waals surface area contributed by atoms with Gasteiger partial charge in [0.2, 0.25) is 26.0 Å². The zero-order valence-corrected chi connectivity index (χ0v) is 17.7. The number of carbonyl (C=O) groups is 1. The second-order valence-electron chi connectivity index (χ2n) is 6.43. The average Bonchev–Trinajstić information content (AvgIpc) is 2.62. The number of rotatable bonds is 8. The molecule has 0 saturated heterocycles. The zero-order valence-electron chi connectivity index (χ0n) is 16.1. The van der Waals surface area contributed by atoms with Gasteiger partial charge in [0.25, 0.3) is 0 Å². The van der Waals surface area contributed by atoms with Crippen LogP contribution in [0.2, 0.25) is 0 Å². The molecule has 0 aliphatic carbocycles. The lowest BCUT2D eigenvalue weighted by molar-refractivity contribution is -0.116. The highest BCUT2D eigenvalue weighted by atomic mass is 32.2. The van der Waals surface area contributed by atoms with Gasteiger partial charge in [0, 0.05) is 12.1 Å². The van der Waals surface area contributed by atoms with Crippen LogP contribution in [0.15, 0.2) is 47.4 Å². The summed E-state index contributed by atoms with van der Waals surface area (Å²) in [7, 11) is -6.07. The summed E-state index contributed by atoms with van der Waals surface area (Å²) in [6, 6.07) is 8.45. The Morgan fingerprint density at radius 3 is 2.24 bits per heavy atom. The second-order valence-corrected chi connectivity index (χ2v) is 10.1. The number of benzene rings is 2. The lowest BCUT2D eigenvalue weighted by Gasteiger charge is -2.18. The fourth-order valence-corrected chi connectivity index (χ4v) is 4.08. The van der Waals surface area contributed by atoms with Crippen molar-refractivity contribution in [3.63, 3.8) is 0 Å². The molecule has 0 bridgehead atoms. The first kappa shape index (κ1) is 22.9. The highest BCUT2D eigenvalue weighted by molar-refractivity contribution is 7.89. The lowest BCUT2D eigenvalue weighted by atomic mass is 10.0. The summed E-state index contributed by atoms with van der Waals surface area (Å²) in [5.74, 6) is -1.04. The van der Waals surface area contributed by atoms with Gasteiger partial charge >= 0.3 is 0 Å². The number of halogens is 1. The number of hydrogen-bond acceptors (Lipinski definition) is 5. The van der Waals surface area contributed by atoms with Crippen LogP contribution in [0.25, 0.3) is 0 Å². The topological polar surface area (TPSA) is 121 Å². The molecule has 158 valence electrons. The summed E-state index contributed by atoms with van der Waals surface area (Å²) in [6.45, 7) is 1.69. The van der Waals surface area contributed by atoms with E-state index in [0.29, 0.717) is 11.1 Å². The highest BCUT2D eigenvalue weighted by Crippen LogP contribution is 2.23. The number of anilines is 1. The first-order chi connectivity index (χ1) is 13.4. The van der Waals surface area contributed by atoms with Gasteiger partial charge in [-0.15, -0.1) is 0 Å². The maximum atomic E-state index is 13.2. The van der Waals surface area contributed by atoms with Crippen LogP contribution in [0.5, 0.6) is 0 Å². The van der Waals surface area contributed by atoms with E-state index >= 15 is 0 Å². The van der Waals surface area contributed by atoms with Crippen molar-refractivity contribution >= 4 is 31.6 Å². The van der Waals surface area contributed by atoms with E-state index in [1.807, 2.05) is 0 Å². The molecule has 0 aliphatic rings. The molecule has 1 amide bonds. The van der Waals surface area contributed by atoms with Crippen LogP contribution in [-0.4, -0.2) is 36.0 Å². The van der Waals surface area contributed by atoms with E-state index in [0.717, 1.165) is 6.26 Å². The molecule has 2 rings (SSSR count). The van der Waals surface area contributed by atoms with E-state index in [-0.39, 0.29) is 17.0 Å². The first-order valence-electron chi connectivity index (χ1n) is 8.48. The van der Waals surface area contributed by atoms with Gasteiger partial charge in [0.05, 0.1) is 17.2 Å². The Balaban J connectivity index is 2.26. The van der Waals surface area contributed by atoms with Crippen molar-refractivity contribution in [3.8, 4) is 0 Å². The van der Waals surface area contributed by atoms with E-state index < -0.39 is 37.8 Å². The third kappa shape index (κ3) is 6.60. The molecule has 2 aromatic carbocycles. The van der Waals surface area contributed by atoms with E-state index in [4.69, 9.17) is 0 Å². The molecule has 0 aliphatic heterocycles. The molecule has 29 heavy (non-hydrogen) atoms. The van der Waals surface area contributed by atoms with Crippen LogP contribution < -0.4 is 14.8 Å². The third-order valence-electron chi connectivity index (χ3n) is 4.08. The third-order valence-corrected chi connectivity index (χ3v) is 6.21. The van der Waals surface area contributed by atoms with Gasteiger partial charge in [0.1, 0.15) is 5.82 Å². The Bertz CT molecular complexity index is 1100. The summed E-state index contributed by atoms with van der Waals surface area (Å²) >= 11 is 0. The molecule has 8 nitrogen and oxygen atoms in total. The second kappa shape index (κ2) is 8.99. The van der Waals surface area contributed by atoms with Crippen molar-refractivity contribution in [3.05, 3.63) is 59.4 Å². The molecule has 3 N–H and O–H groups in total. The average molecular weight is 444 g/mol. The number of nitrogens with one attached hydrogen (secondary N) is 3. The molecule has 0 fully saturated rings. The quantitative estimate of drug-likeness (QED) is 0.573. The van der Waals surface area contributed by atoms with Crippen LogP contribution >= 0.6 is 0 Å². The minimum Gasteiger partial charge on any atom is -0.326 e. The molecule has 1 atom stereocenters. The number of carbonyl (C=O) groups excluding carboxylic acids is 1. The van der Waals surface area contributed by atoms with Gasteiger partial charge in [-0.3, -0.25) is 4.79 Å². The van der Waals surface area contributed by atoms with Crippen LogP contribution in [-0.2, 0) is 24.8 Å². The molecular weight excluding hydrogens is 421 g/mol. The van der Waals surface area contributed by atoms with Crippen molar-refractivity contribution in [1.29, 1.82) is 0 Å². The van der Waals surface area contributed by atoms with Crippen LogP contribution in [0.4, 0.5) is 10.1 Å². The fraction of sp³-hybridized carbons (Fsp3) is 0.278. The van der Waals surface area contributed by atoms with E-state index in [1.165, 1.54) is 43.4 Å². The van der Waals surface area contributed by atoms with Gasteiger partial charge in [0.15, 0.2) is 0 Å². The molecule has 0 aromatic heterocycles. The molecular formula is C18H22FN3O5S2. The van der Waals surface area contributed by atoms with Crippen molar-refractivity contribution in [2.75, 3.05) is 18.6 Å². The Morgan fingerprint density at radius 1 is 1.07 bits per heavy atom. The zero-order chi connectivity index (χ0) is 21.8. The van der Waals surface area contributed by atoms with Gasteiger partial charge < -0.3 is 5.32 Å². The summed E-state index contributed by atoms with van der Waals surface area (Å²) in [6.07, 6.45) is 0.679. The van der Waals surface area contributed by atoms with E-state index in [1.54, 1.807) is 13.0 Å². The molecule has 0 saturated carbocycles. The number of hydrogen-bond donors (Lipinski definition) is 3. The van der Waals surface area contributed by atoms with Crippen molar-refractivity contribution < 1.29 is 26.0 Å². The summed E-state index contributed by atoms with van der Waals surface area (Å²) in [4.78, 5) is 12.5. The van der Waals surface area contributed by atoms with Gasteiger partial charge in [-0.1, -0.05) is 18.2 Å². The number of amides is 1. The predicted molar refractivity (Wildman–Crippen MR) is 108 cm³/mol. The van der Waals surface area contributed by atoms with Gasteiger partial charge in [-0.05, 0) is 49.4 Å². The number of aryl methyl sites for hydroxylation is 1. The Labute approximate surface area is 169 Å². The molecule has 11 heteroatoms. The first-order valence-corrected chi connectivity index (χ1v) is 11.9. The fourth-order valence-electron chi connectivity index (χ4n) is 2.59. The van der Waals surface area contributed by atoms with Crippen LogP contribution in [0, 0.1) is 12.7 Å². The number of sulfonamides is 2. The predicted octanol–water partition coefficient (Wildman–Crippen LogP) is 1.66. The van der Waals surface area contributed by atoms with Gasteiger partial charge in [-0.25, -0.2) is 30.7 Å². The van der Waals surface area contributed by atoms with Crippen molar-refractivity contribution in [1.82, 2.24) is 9.44 Å². The monoisotopic (exact) mass is 443 g/mol. The summed E-state index contributed by atoms with van der Waals surface area (Å²) in [5, 5.41) is 2.60. The molecule has 0 spiro atoms. The SMILES string of the molecule is CNS(=O)(=O)c1ccc(C)c(NC(=O)C[C@@H](NS(C)(=O)=O)c2ccc(F)cc2)c1. The Morgan fingerprint density at radius 2 is 1.69 bits per heavy atom. The van der Waals surface area contributed by atoms with Crippen LogP contribution in [0.1, 0.15) is 23.6 Å². The smallest absolute Gasteiger partial charge is 0.240 e. The largest absolute Gasteiger partial charge is 0.326 e. The lowest BCUT2D eigenvalue weighted by Crippen LogP contribution is -2.31. The molecule has 2 aromatic rings. The normalized spacial score (nSPS) is 13.1. The Kier molecular flexibility index (Phi) is 7.11. The molecule has 0 unspecified atom stereocenters. The Hall–Kier alpha value is -2.34. The van der Waals surface area contributed by atoms with E-state index in [9.17, 15) is 26.0 Å². The van der Waals surface area contributed by atoms with Gasteiger partial charge in [-0.2, -0.15) is 0 Å². The maximum Gasteiger partial charge on any atom is 0.240 e. The summed E-state index contributed by atoms with van der Waals surface area (Å²) in [5.41, 5.74) is 1.32. The minimum absolute atomic E-state index is 0.0229. The van der Waals surface area contributed by atoms with E-state index in [2.05, 4.69) is 14.8 Å². The van der Waals surface area contributed by atoms with Crippen LogP contribution in [0.3, 0.4) is 0 Å². The highest BCUT2D eigenvalue weighted by Gasteiger charge is 2.21. The standard InChI is InChI=1S/C18H22FN3O5S2/c1-12-4-9-15(29(26,27)20-2)10-16(12)21-18(23)11-17(22-28(3,24)25)13-5-7-14(19)8-6-13/h4-10,17,20,22H,11H2,1-3H3,(H,21,23)/t17-/m1/s1. The maximum absolute atomic E-state index is 13.2. The van der Waals surface area contributed by atoms with Crippen molar-refractivity contribution in [2.45, 2.75) is 24.3 Å².